The lowest BCUT2D eigenvalue weighted by Gasteiger charge is -2.25. The van der Waals surface area contributed by atoms with Crippen molar-refractivity contribution in [1.29, 1.82) is 0 Å². The molecule has 1 heterocycles. The fraction of sp³-hybridized carbons (Fsp3) is 0.312. The number of carbonyl (C=O) groups is 4. The van der Waals surface area contributed by atoms with Gasteiger partial charge in [-0.25, -0.2) is 0 Å². The molecule has 3 rings (SSSR count). The molecule has 0 bridgehead atoms. The van der Waals surface area contributed by atoms with Crippen molar-refractivity contribution in [3.05, 3.63) is 102 Å². The second kappa shape index (κ2) is 18.7. The molecule has 0 spiro atoms. The van der Waals surface area contributed by atoms with E-state index in [1.165, 1.54) is 24.5 Å². The Balaban J connectivity index is 1.73. The second-order valence-corrected chi connectivity index (χ2v) is 10.6. The van der Waals surface area contributed by atoms with Crippen LogP contribution in [0.2, 0.25) is 0 Å². The van der Waals surface area contributed by atoms with Gasteiger partial charge in [0.05, 0.1) is 0 Å². The van der Waals surface area contributed by atoms with Crippen molar-refractivity contribution >= 4 is 42.2 Å². The molecule has 45 heavy (non-hydrogen) atoms. The van der Waals surface area contributed by atoms with E-state index in [4.69, 9.17) is 11.5 Å². The van der Waals surface area contributed by atoms with Crippen molar-refractivity contribution in [2.45, 2.75) is 43.8 Å². The van der Waals surface area contributed by atoms with Crippen molar-refractivity contribution in [2.24, 2.45) is 16.5 Å². The van der Waals surface area contributed by atoms with Crippen molar-refractivity contribution in [3.63, 3.8) is 0 Å². The number of aliphatic imine (C=N–C) groups is 1. The molecule has 0 aliphatic rings. The maximum atomic E-state index is 13.7. The Bertz CT molecular complexity index is 1410. The van der Waals surface area contributed by atoms with Gasteiger partial charge in [0.1, 0.15) is 18.1 Å². The number of aromatic nitrogens is 1. The first-order valence-electron chi connectivity index (χ1n) is 14.6. The Morgan fingerprint density at radius 2 is 1.36 bits per heavy atom. The van der Waals surface area contributed by atoms with E-state index >= 15 is 0 Å². The Labute approximate surface area is 268 Å². The number of thiol groups is 1. The highest BCUT2D eigenvalue weighted by Gasteiger charge is 2.29. The number of pyridine rings is 1. The molecule has 0 aliphatic heterocycles. The Kier molecular flexibility index (Phi) is 14.4. The van der Waals surface area contributed by atoms with Gasteiger partial charge < -0.3 is 32.7 Å². The average Bonchev–Trinajstić information content (AvgIpc) is 3.05. The lowest BCUT2D eigenvalue weighted by molar-refractivity contribution is -0.132. The topological polar surface area (TPSA) is 194 Å². The van der Waals surface area contributed by atoms with E-state index in [1.54, 1.807) is 0 Å². The smallest absolute Gasteiger partial charge is 0.252 e. The minimum absolute atomic E-state index is 0.0224. The van der Waals surface area contributed by atoms with Crippen LogP contribution in [0.3, 0.4) is 0 Å². The number of carbonyl (C=O) groups excluding carboxylic acids is 4. The molecule has 0 unspecified atom stereocenters. The Morgan fingerprint density at radius 3 is 1.98 bits per heavy atom. The lowest BCUT2D eigenvalue weighted by atomic mass is 10.0. The van der Waals surface area contributed by atoms with Gasteiger partial charge in [-0.1, -0.05) is 60.7 Å². The quantitative estimate of drug-likeness (QED) is 0.0493. The van der Waals surface area contributed by atoms with Crippen LogP contribution in [-0.2, 0) is 27.2 Å². The fourth-order valence-electron chi connectivity index (χ4n) is 4.41. The molecule has 0 radical (unpaired) electrons. The molecule has 238 valence electrons. The molecule has 2 aromatic carbocycles. The van der Waals surface area contributed by atoms with Crippen LogP contribution >= 0.6 is 12.6 Å². The second-order valence-electron chi connectivity index (χ2n) is 10.2. The maximum absolute atomic E-state index is 13.7. The van der Waals surface area contributed by atoms with Crippen molar-refractivity contribution in [1.82, 2.24) is 26.3 Å². The molecule has 13 heteroatoms. The summed E-state index contributed by atoms with van der Waals surface area (Å²) in [5.41, 5.74) is 13.1. The zero-order valence-electron chi connectivity index (χ0n) is 24.9. The largest absolute Gasteiger partial charge is 0.370 e. The fourth-order valence-corrected chi connectivity index (χ4v) is 4.67. The van der Waals surface area contributed by atoms with Crippen LogP contribution < -0.4 is 32.7 Å². The van der Waals surface area contributed by atoms with Crippen LogP contribution in [-0.4, -0.2) is 71.5 Å². The maximum Gasteiger partial charge on any atom is 0.252 e. The highest BCUT2D eigenvalue weighted by molar-refractivity contribution is 7.80. The summed E-state index contributed by atoms with van der Waals surface area (Å²) < 4.78 is 0. The SMILES string of the molecule is NC(N)=NCCC[C@@H](NC(=O)[C@H](CS)NC(=O)c1ccncc1)C(=O)N[C@@H](Cc1ccccc1)C(=O)NCCc1ccccc1. The minimum atomic E-state index is -1.05. The molecule has 1 aromatic heterocycles. The highest BCUT2D eigenvalue weighted by Crippen LogP contribution is 2.07. The number of hydrogen-bond acceptors (Lipinski definition) is 7. The zero-order valence-corrected chi connectivity index (χ0v) is 25.8. The monoisotopic (exact) mass is 632 g/mol. The molecule has 0 saturated heterocycles. The van der Waals surface area contributed by atoms with E-state index in [0.29, 0.717) is 24.9 Å². The number of rotatable bonds is 17. The van der Waals surface area contributed by atoms with E-state index in [1.807, 2.05) is 60.7 Å². The van der Waals surface area contributed by atoms with E-state index in [0.717, 1.165) is 11.1 Å². The van der Waals surface area contributed by atoms with Crippen LogP contribution in [0.4, 0.5) is 0 Å². The van der Waals surface area contributed by atoms with Gasteiger partial charge in [-0.15, -0.1) is 0 Å². The molecule has 0 saturated carbocycles. The van der Waals surface area contributed by atoms with Gasteiger partial charge in [-0.3, -0.25) is 29.2 Å². The third-order valence-electron chi connectivity index (χ3n) is 6.80. The van der Waals surface area contributed by atoms with Gasteiger partial charge >= 0.3 is 0 Å². The number of guanidine groups is 1. The molecule has 4 amide bonds. The van der Waals surface area contributed by atoms with Gasteiger partial charge in [-0.2, -0.15) is 12.6 Å². The average molecular weight is 633 g/mol. The van der Waals surface area contributed by atoms with E-state index < -0.39 is 35.8 Å². The summed E-state index contributed by atoms with van der Waals surface area (Å²) in [7, 11) is 0. The van der Waals surface area contributed by atoms with Crippen LogP contribution in [0.5, 0.6) is 0 Å². The van der Waals surface area contributed by atoms with Crippen molar-refractivity contribution < 1.29 is 19.2 Å². The van der Waals surface area contributed by atoms with Gasteiger partial charge in [0.15, 0.2) is 5.96 Å². The molecule has 3 aromatic rings. The molecule has 12 nitrogen and oxygen atoms in total. The summed E-state index contributed by atoms with van der Waals surface area (Å²) in [6.07, 6.45) is 4.31. The molecule has 0 aliphatic carbocycles. The van der Waals surface area contributed by atoms with E-state index in [2.05, 4.69) is 43.9 Å². The number of nitrogens with one attached hydrogen (secondary N) is 4. The summed E-state index contributed by atoms with van der Waals surface area (Å²) in [4.78, 5) is 60.8. The minimum Gasteiger partial charge on any atom is -0.370 e. The predicted octanol–water partition coefficient (Wildman–Crippen LogP) is 0.735. The number of benzene rings is 2. The number of nitrogens with zero attached hydrogens (tertiary/aromatic N) is 2. The first-order valence-corrected chi connectivity index (χ1v) is 15.2. The predicted molar refractivity (Wildman–Crippen MR) is 176 cm³/mol. The van der Waals surface area contributed by atoms with E-state index in [-0.39, 0.29) is 37.0 Å². The zero-order chi connectivity index (χ0) is 32.4. The van der Waals surface area contributed by atoms with Gasteiger partial charge in [-0.05, 0) is 42.5 Å². The standard InChI is InChI=1S/C32H40N8O4S/c33-32(34)37-16-7-12-25(38-31(44)27(21-45)40-28(41)24-14-17-35-18-15-24)30(43)39-26(20-23-10-5-2-6-11-23)29(42)36-19-13-22-8-3-1-4-9-22/h1-6,8-11,14-15,17-18,25-27,45H,7,12-13,16,19-21H2,(H,36,42)(H,38,44)(H,39,43)(H,40,41)(H4,33,34,37)/t25-,26+,27+/m1/s1. The van der Waals surface area contributed by atoms with Crippen molar-refractivity contribution in [2.75, 3.05) is 18.8 Å². The van der Waals surface area contributed by atoms with Gasteiger partial charge in [0.2, 0.25) is 17.7 Å². The van der Waals surface area contributed by atoms with Crippen molar-refractivity contribution in [3.8, 4) is 0 Å². The third kappa shape index (κ3) is 12.3. The van der Waals surface area contributed by atoms with E-state index in [9.17, 15) is 19.2 Å². The normalized spacial score (nSPS) is 12.6. The van der Waals surface area contributed by atoms with Crippen LogP contribution in [0.25, 0.3) is 0 Å². The highest BCUT2D eigenvalue weighted by atomic mass is 32.1. The van der Waals surface area contributed by atoms with Gasteiger partial charge in [0.25, 0.3) is 5.91 Å². The summed E-state index contributed by atoms with van der Waals surface area (Å²) in [6.45, 7) is 0.605. The summed E-state index contributed by atoms with van der Waals surface area (Å²) in [6, 6.07) is 19.1. The Hall–Kier alpha value is -4.91. The summed E-state index contributed by atoms with van der Waals surface area (Å²) in [5, 5.41) is 11.1. The molecule has 0 fully saturated rings. The third-order valence-corrected chi connectivity index (χ3v) is 7.16. The lowest BCUT2D eigenvalue weighted by Crippen LogP contribution is -2.57. The summed E-state index contributed by atoms with van der Waals surface area (Å²) in [5.74, 6) is -2.14. The first-order chi connectivity index (χ1) is 21.8. The van der Waals surface area contributed by atoms with Crippen LogP contribution in [0.15, 0.2) is 90.2 Å². The molecular formula is C32H40N8O4S. The molecule has 3 atom stereocenters. The number of amides is 4. The van der Waals surface area contributed by atoms with Gasteiger partial charge in [0, 0.05) is 43.2 Å². The number of nitrogens with two attached hydrogens (primary N) is 2. The summed E-state index contributed by atoms with van der Waals surface area (Å²) >= 11 is 4.23. The number of hydrogen-bond donors (Lipinski definition) is 7. The first kappa shape index (κ1) is 34.6. The molecule has 8 N–H and O–H groups in total. The Morgan fingerprint density at radius 1 is 0.756 bits per heavy atom. The van der Waals surface area contributed by atoms with Crippen LogP contribution in [0, 0.1) is 0 Å². The molecular weight excluding hydrogens is 592 g/mol. The van der Waals surface area contributed by atoms with Crippen LogP contribution in [0.1, 0.15) is 34.3 Å².